The highest BCUT2D eigenvalue weighted by atomic mass is 79.9. The fourth-order valence-corrected chi connectivity index (χ4v) is 2.81. The first-order chi connectivity index (χ1) is 11.9. The third-order valence-electron chi connectivity index (χ3n) is 3.41. The maximum atomic E-state index is 12.1. The van der Waals surface area contributed by atoms with E-state index >= 15 is 0 Å². The van der Waals surface area contributed by atoms with Crippen molar-refractivity contribution < 1.29 is 18.7 Å². The Balaban J connectivity index is 1.78. The van der Waals surface area contributed by atoms with Gasteiger partial charge in [0.1, 0.15) is 11.1 Å². The molecular formula is C18H10Br2O5. The predicted octanol–water partition coefficient (Wildman–Crippen LogP) is 4.36. The molecule has 0 spiro atoms. The molecule has 5 nitrogen and oxygen atoms in total. The minimum atomic E-state index is -0.902. The Morgan fingerprint density at radius 3 is 2.36 bits per heavy atom. The summed E-state index contributed by atoms with van der Waals surface area (Å²) < 4.78 is 11.7. The van der Waals surface area contributed by atoms with E-state index in [0.717, 1.165) is 8.95 Å². The summed E-state index contributed by atoms with van der Waals surface area (Å²) in [6.45, 7) is -0.462. The third-order valence-corrected chi connectivity index (χ3v) is 4.44. The lowest BCUT2D eigenvalue weighted by Gasteiger charge is -2.05. The molecule has 1 heterocycles. The second-order valence-corrected chi connectivity index (χ2v) is 6.97. The number of fused-ring (bicyclic) bond motifs is 1. The summed E-state index contributed by atoms with van der Waals surface area (Å²) in [5.41, 5.74) is -0.300. The topological polar surface area (TPSA) is 73.6 Å². The van der Waals surface area contributed by atoms with Crippen molar-refractivity contribution in [2.45, 2.75) is 0 Å². The van der Waals surface area contributed by atoms with Crippen LogP contribution in [-0.4, -0.2) is 18.4 Å². The molecule has 0 saturated heterocycles. The van der Waals surface area contributed by atoms with Gasteiger partial charge in [-0.1, -0.05) is 44.0 Å². The van der Waals surface area contributed by atoms with Crippen molar-refractivity contribution in [1.29, 1.82) is 0 Å². The van der Waals surface area contributed by atoms with E-state index in [1.54, 1.807) is 42.5 Å². The van der Waals surface area contributed by atoms with Gasteiger partial charge in [0.25, 0.3) is 0 Å². The number of rotatable bonds is 4. The molecule has 0 atom stereocenters. The van der Waals surface area contributed by atoms with Crippen LogP contribution >= 0.6 is 31.9 Å². The molecule has 0 unspecified atom stereocenters. The fraction of sp³-hybridized carbons (Fsp3) is 0.0556. The number of carbonyl (C=O) groups excluding carboxylic acids is 2. The molecule has 0 N–H and O–H groups in total. The number of hydrogen-bond donors (Lipinski definition) is 0. The Labute approximate surface area is 158 Å². The van der Waals surface area contributed by atoms with Gasteiger partial charge in [0.05, 0.1) is 0 Å². The Morgan fingerprint density at radius 2 is 1.64 bits per heavy atom. The van der Waals surface area contributed by atoms with Gasteiger partial charge in [-0.3, -0.25) is 4.79 Å². The SMILES string of the molecule is O=C(COC(=O)c1cc2cc(Br)ccc2oc1=O)c1ccc(Br)cc1. The molecule has 25 heavy (non-hydrogen) atoms. The van der Waals surface area contributed by atoms with Crippen LogP contribution in [0.2, 0.25) is 0 Å². The second-order valence-electron chi connectivity index (χ2n) is 5.14. The van der Waals surface area contributed by atoms with Crippen LogP contribution in [0.25, 0.3) is 11.0 Å². The zero-order valence-electron chi connectivity index (χ0n) is 12.6. The molecule has 3 aromatic rings. The van der Waals surface area contributed by atoms with Crippen LogP contribution < -0.4 is 5.63 Å². The molecule has 0 aliphatic heterocycles. The van der Waals surface area contributed by atoms with Crippen molar-refractivity contribution in [2.75, 3.05) is 6.61 Å². The number of carbonyl (C=O) groups is 2. The molecular weight excluding hydrogens is 456 g/mol. The van der Waals surface area contributed by atoms with Crippen LogP contribution in [-0.2, 0) is 4.74 Å². The van der Waals surface area contributed by atoms with Crippen molar-refractivity contribution in [3.63, 3.8) is 0 Å². The Hall–Kier alpha value is -2.25. The van der Waals surface area contributed by atoms with Crippen molar-refractivity contribution in [3.05, 3.63) is 79.0 Å². The Morgan fingerprint density at radius 1 is 0.960 bits per heavy atom. The molecule has 0 aliphatic carbocycles. The Bertz CT molecular complexity index is 1020. The van der Waals surface area contributed by atoms with Gasteiger partial charge in [-0.05, 0) is 36.4 Å². The summed E-state index contributed by atoms with van der Waals surface area (Å²) in [6, 6.07) is 13.1. The fourth-order valence-electron chi connectivity index (χ4n) is 2.16. The number of ether oxygens (including phenoxy) is 1. The quantitative estimate of drug-likeness (QED) is 0.325. The number of halogens is 2. The summed E-state index contributed by atoms with van der Waals surface area (Å²) in [5.74, 6) is -1.27. The highest BCUT2D eigenvalue weighted by molar-refractivity contribution is 9.10. The summed E-state index contributed by atoms with van der Waals surface area (Å²) in [4.78, 5) is 36.1. The monoisotopic (exact) mass is 464 g/mol. The van der Waals surface area contributed by atoms with Crippen LogP contribution in [0.1, 0.15) is 20.7 Å². The predicted molar refractivity (Wildman–Crippen MR) is 98.9 cm³/mol. The minimum Gasteiger partial charge on any atom is -0.453 e. The van der Waals surface area contributed by atoms with Crippen molar-refractivity contribution in [3.8, 4) is 0 Å². The maximum absolute atomic E-state index is 12.1. The van der Waals surface area contributed by atoms with Crippen molar-refractivity contribution >= 4 is 54.6 Å². The van der Waals surface area contributed by atoms with Crippen LogP contribution in [0.5, 0.6) is 0 Å². The second kappa shape index (κ2) is 7.33. The van der Waals surface area contributed by atoms with Gasteiger partial charge in [0, 0.05) is 19.9 Å². The molecule has 0 fully saturated rings. The molecule has 0 bridgehead atoms. The van der Waals surface area contributed by atoms with Gasteiger partial charge in [0.2, 0.25) is 0 Å². The first kappa shape index (κ1) is 17.6. The van der Waals surface area contributed by atoms with E-state index in [2.05, 4.69) is 31.9 Å². The van der Waals surface area contributed by atoms with E-state index in [0.29, 0.717) is 16.5 Å². The first-order valence-corrected chi connectivity index (χ1v) is 8.72. The minimum absolute atomic E-state index is 0.255. The molecule has 0 aliphatic rings. The van der Waals surface area contributed by atoms with Crippen molar-refractivity contribution in [1.82, 2.24) is 0 Å². The Kier molecular flexibility index (Phi) is 5.15. The molecule has 7 heteroatoms. The molecule has 0 saturated carbocycles. The third kappa shape index (κ3) is 4.05. The largest absolute Gasteiger partial charge is 0.453 e. The van der Waals surface area contributed by atoms with E-state index in [9.17, 15) is 14.4 Å². The number of hydrogen-bond acceptors (Lipinski definition) is 5. The van der Waals surface area contributed by atoms with E-state index < -0.39 is 18.2 Å². The van der Waals surface area contributed by atoms with E-state index in [4.69, 9.17) is 9.15 Å². The van der Waals surface area contributed by atoms with Crippen LogP contribution in [0.3, 0.4) is 0 Å². The summed E-state index contributed by atoms with van der Waals surface area (Å²) >= 11 is 6.58. The molecule has 0 amide bonds. The van der Waals surface area contributed by atoms with Crippen molar-refractivity contribution in [2.24, 2.45) is 0 Å². The van der Waals surface area contributed by atoms with Gasteiger partial charge < -0.3 is 9.15 Å². The zero-order chi connectivity index (χ0) is 18.0. The summed E-state index contributed by atoms with van der Waals surface area (Å²) in [6.07, 6.45) is 0. The average Bonchev–Trinajstić information content (AvgIpc) is 2.59. The molecule has 126 valence electrons. The number of benzene rings is 2. The van der Waals surface area contributed by atoms with Crippen LogP contribution in [0.15, 0.2) is 66.7 Å². The van der Waals surface area contributed by atoms with Crippen LogP contribution in [0, 0.1) is 0 Å². The zero-order valence-corrected chi connectivity index (χ0v) is 15.8. The molecule has 2 aromatic carbocycles. The lowest BCUT2D eigenvalue weighted by Crippen LogP contribution is -2.20. The average molecular weight is 466 g/mol. The van der Waals surface area contributed by atoms with Gasteiger partial charge in [-0.25, -0.2) is 9.59 Å². The molecule has 1 aromatic heterocycles. The maximum Gasteiger partial charge on any atom is 0.351 e. The molecule has 3 rings (SSSR count). The lowest BCUT2D eigenvalue weighted by atomic mass is 10.1. The van der Waals surface area contributed by atoms with E-state index in [1.807, 2.05) is 0 Å². The summed E-state index contributed by atoms with van der Waals surface area (Å²) in [5, 5.41) is 0.570. The van der Waals surface area contributed by atoms with Gasteiger partial charge in [0.15, 0.2) is 12.4 Å². The van der Waals surface area contributed by atoms with E-state index in [-0.39, 0.29) is 11.3 Å². The lowest BCUT2D eigenvalue weighted by molar-refractivity contribution is 0.0470. The number of Topliss-reactive ketones (excluding diaryl/α,β-unsaturated/α-hetero) is 1. The smallest absolute Gasteiger partial charge is 0.351 e. The normalized spacial score (nSPS) is 10.6. The molecule has 0 radical (unpaired) electrons. The first-order valence-electron chi connectivity index (χ1n) is 7.13. The standard InChI is InChI=1S/C18H10Br2O5/c19-12-3-1-10(2-4-12)15(21)9-24-17(22)14-8-11-7-13(20)5-6-16(11)25-18(14)23/h1-8H,9H2. The van der Waals surface area contributed by atoms with Gasteiger partial charge in [-0.15, -0.1) is 0 Å². The van der Waals surface area contributed by atoms with E-state index in [1.165, 1.54) is 6.07 Å². The van der Waals surface area contributed by atoms with Gasteiger partial charge in [-0.2, -0.15) is 0 Å². The summed E-state index contributed by atoms with van der Waals surface area (Å²) in [7, 11) is 0. The number of esters is 1. The highest BCUT2D eigenvalue weighted by Gasteiger charge is 2.17. The number of ketones is 1. The highest BCUT2D eigenvalue weighted by Crippen LogP contribution is 2.19. The van der Waals surface area contributed by atoms with Gasteiger partial charge >= 0.3 is 11.6 Å². The van der Waals surface area contributed by atoms with Crippen LogP contribution in [0.4, 0.5) is 0 Å².